The maximum Gasteiger partial charge on any atom is 0.188 e. The van der Waals surface area contributed by atoms with Gasteiger partial charge >= 0.3 is 0 Å². The Hall–Kier alpha value is -2.00. The fraction of sp³-hybridized carbons (Fsp3) is 0.435. The van der Waals surface area contributed by atoms with Crippen LogP contribution in [0, 0.1) is 0 Å². The molecule has 0 aliphatic rings. The third-order valence-corrected chi connectivity index (χ3v) is 4.78. The van der Waals surface area contributed by atoms with Gasteiger partial charge in [-0.15, -0.1) is 24.0 Å². The van der Waals surface area contributed by atoms with Crippen LogP contribution < -0.4 is 20.5 Å². The third kappa shape index (κ3) is 9.21. The second kappa shape index (κ2) is 14.9. The minimum atomic E-state index is 0. The zero-order valence-electron chi connectivity index (χ0n) is 18.3. The van der Waals surface area contributed by atoms with Crippen molar-refractivity contribution in [2.75, 3.05) is 39.9 Å². The van der Waals surface area contributed by atoms with Gasteiger partial charge in [0, 0.05) is 13.1 Å². The van der Waals surface area contributed by atoms with E-state index < -0.39 is 0 Å². The average Bonchev–Trinajstić information content (AvgIpc) is 2.76. The van der Waals surface area contributed by atoms with Crippen LogP contribution in [0.2, 0.25) is 0 Å². The molecule has 166 valence electrons. The van der Waals surface area contributed by atoms with Gasteiger partial charge in [0.25, 0.3) is 0 Å². The summed E-state index contributed by atoms with van der Waals surface area (Å²) in [5.74, 6) is 1.91. The van der Waals surface area contributed by atoms with E-state index in [-0.39, 0.29) is 24.0 Å². The van der Waals surface area contributed by atoms with Crippen LogP contribution in [0.5, 0.6) is 11.5 Å². The quantitative estimate of drug-likeness (QED) is 0.251. The Balaban J connectivity index is 0.00000450. The number of aliphatic imine (C=N–C) groups is 1. The van der Waals surface area contributed by atoms with Crippen LogP contribution in [0.3, 0.4) is 0 Å². The highest BCUT2D eigenvalue weighted by Gasteiger charge is 2.07. The van der Waals surface area contributed by atoms with Crippen molar-refractivity contribution in [2.45, 2.75) is 26.8 Å². The van der Waals surface area contributed by atoms with Crippen LogP contribution in [0.25, 0.3) is 0 Å². The van der Waals surface area contributed by atoms with Crippen molar-refractivity contribution in [1.29, 1.82) is 0 Å². The van der Waals surface area contributed by atoms with E-state index in [0.717, 1.165) is 43.9 Å². The number of nitrogens with one attached hydrogen (secondary N) is 1. The first-order valence-corrected chi connectivity index (χ1v) is 10.3. The summed E-state index contributed by atoms with van der Waals surface area (Å²) < 4.78 is 11.4. The molecule has 0 aliphatic carbocycles. The van der Waals surface area contributed by atoms with Crippen molar-refractivity contribution in [3.63, 3.8) is 0 Å². The van der Waals surface area contributed by atoms with Gasteiger partial charge in [0.1, 0.15) is 6.61 Å². The molecule has 30 heavy (non-hydrogen) atoms. The van der Waals surface area contributed by atoms with E-state index >= 15 is 0 Å². The molecule has 0 radical (unpaired) electrons. The van der Waals surface area contributed by atoms with Crippen molar-refractivity contribution in [3.05, 3.63) is 59.7 Å². The van der Waals surface area contributed by atoms with Crippen LogP contribution in [-0.2, 0) is 13.0 Å². The first-order chi connectivity index (χ1) is 14.2. The number of rotatable bonds is 12. The lowest BCUT2D eigenvalue weighted by Gasteiger charge is -2.18. The maximum atomic E-state index is 5.98. The number of methoxy groups -OCH3 is 1. The van der Waals surface area contributed by atoms with Gasteiger partial charge in [0.05, 0.1) is 13.7 Å². The summed E-state index contributed by atoms with van der Waals surface area (Å²) >= 11 is 0. The van der Waals surface area contributed by atoms with Gasteiger partial charge in [0.15, 0.2) is 17.5 Å². The van der Waals surface area contributed by atoms with Gasteiger partial charge in [0.2, 0.25) is 0 Å². The zero-order chi connectivity index (χ0) is 20.9. The second-order valence-electron chi connectivity index (χ2n) is 6.72. The van der Waals surface area contributed by atoms with Gasteiger partial charge in [-0.3, -0.25) is 0 Å². The van der Waals surface area contributed by atoms with E-state index in [1.165, 1.54) is 5.56 Å². The van der Waals surface area contributed by atoms with Crippen LogP contribution in [0.15, 0.2) is 53.5 Å². The van der Waals surface area contributed by atoms with Crippen LogP contribution in [-0.4, -0.2) is 50.8 Å². The van der Waals surface area contributed by atoms with E-state index in [1.54, 1.807) is 7.11 Å². The summed E-state index contributed by atoms with van der Waals surface area (Å²) in [6.07, 6.45) is 0.907. The summed E-state index contributed by atoms with van der Waals surface area (Å²) in [5.41, 5.74) is 8.28. The van der Waals surface area contributed by atoms with Crippen LogP contribution in [0.1, 0.15) is 25.0 Å². The van der Waals surface area contributed by atoms with E-state index in [0.29, 0.717) is 24.9 Å². The van der Waals surface area contributed by atoms with Crippen molar-refractivity contribution < 1.29 is 9.47 Å². The predicted octanol–water partition coefficient (Wildman–Crippen LogP) is 3.68. The Kier molecular flexibility index (Phi) is 12.9. The van der Waals surface area contributed by atoms with Gasteiger partial charge in [-0.2, -0.15) is 0 Å². The second-order valence-corrected chi connectivity index (χ2v) is 6.72. The van der Waals surface area contributed by atoms with E-state index in [1.807, 2.05) is 36.4 Å². The fourth-order valence-corrected chi connectivity index (χ4v) is 2.97. The minimum absolute atomic E-state index is 0. The highest BCUT2D eigenvalue weighted by Crippen LogP contribution is 2.28. The zero-order valence-corrected chi connectivity index (χ0v) is 20.6. The lowest BCUT2D eigenvalue weighted by molar-refractivity contribution is 0.217. The molecule has 0 spiro atoms. The molecule has 0 bridgehead atoms. The molecule has 0 saturated heterocycles. The third-order valence-electron chi connectivity index (χ3n) is 4.78. The topological polar surface area (TPSA) is 72.1 Å². The Morgan fingerprint density at radius 2 is 1.77 bits per heavy atom. The van der Waals surface area contributed by atoms with E-state index in [2.05, 4.69) is 41.2 Å². The van der Waals surface area contributed by atoms with Crippen molar-refractivity contribution in [1.82, 2.24) is 10.2 Å². The number of nitrogens with zero attached hydrogens (tertiary/aromatic N) is 2. The molecule has 0 heterocycles. The number of hydrogen-bond donors (Lipinski definition) is 2. The molecule has 2 rings (SSSR count). The Bertz CT molecular complexity index is 752. The molecule has 0 aliphatic heterocycles. The number of guanidine groups is 1. The first-order valence-electron chi connectivity index (χ1n) is 10.3. The van der Waals surface area contributed by atoms with Gasteiger partial charge in [-0.05, 0) is 42.8 Å². The largest absolute Gasteiger partial charge is 0.493 e. The number of hydrogen-bond acceptors (Lipinski definition) is 4. The lowest BCUT2D eigenvalue weighted by atomic mass is 10.1. The standard InChI is InChI=1S/C23H34N4O2.HI/c1-4-27(5-2)15-16-29-21-12-11-20(17-22(21)28-3)18-26-23(24)25-14-13-19-9-7-6-8-10-19;/h6-12,17H,4-5,13-16,18H2,1-3H3,(H3,24,25,26);1H. The van der Waals surface area contributed by atoms with Crippen molar-refractivity contribution in [2.24, 2.45) is 10.7 Å². The van der Waals surface area contributed by atoms with E-state index in [4.69, 9.17) is 15.2 Å². The molecule has 0 fully saturated rings. The molecule has 0 saturated carbocycles. The molecular weight excluding hydrogens is 491 g/mol. The van der Waals surface area contributed by atoms with Crippen molar-refractivity contribution in [3.8, 4) is 11.5 Å². The molecule has 2 aromatic carbocycles. The SMILES string of the molecule is CCN(CC)CCOc1ccc(CN=C(N)NCCc2ccccc2)cc1OC.I. The summed E-state index contributed by atoms with van der Waals surface area (Å²) in [4.78, 5) is 6.74. The Morgan fingerprint density at radius 1 is 1.03 bits per heavy atom. The first kappa shape index (κ1) is 26.0. The number of nitrogens with two attached hydrogens (primary N) is 1. The average molecular weight is 526 g/mol. The molecule has 6 nitrogen and oxygen atoms in total. The van der Waals surface area contributed by atoms with Crippen LogP contribution in [0.4, 0.5) is 0 Å². The summed E-state index contributed by atoms with van der Waals surface area (Å²) in [5, 5.41) is 3.16. The predicted molar refractivity (Wildman–Crippen MR) is 135 cm³/mol. The molecule has 2 aromatic rings. The van der Waals surface area contributed by atoms with Gasteiger partial charge < -0.3 is 25.4 Å². The number of benzene rings is 2. The summed E-state index contributed by atoms with van der Waals surface area (Å²) in [6, 6.07) is 16.2. The monoisotopic (exact) mass is 526 g/mol. The molecule has 0 aromatic heterocycles. The molecular formula is C23H35IN4O2. The Morgan fingerprint density at radius 3 is 2.43 bits per heavy atom. The minimum Gasteiger partial charge on any atom is -0.493 e. The molecule has 0 unspecified atom stereocenters. The highest BCUT2D eigenvalue weighted by atomic mass is 127. The van der Waals surface area contributed by atoms with Crippen LogP contribution >= 0.6 is 24.0 Å². The highest BCUT2D eigenvalue weighted by molar-refractivity contribution is 14.0. The Labute approximate surface area is 197 Å². The summed E-state index contributed by atoms with van der Waals surface area (Å²) in [7, 11) is 1.65. The molecule has 3 N–H and O–H groups in total. The molecule has 7 heteroatoms. The van der Waals surface area contributed by atoms with Gasteiger partial charge in [-0.25, -0.2) is 4.99 Å². The van der Waals surface area contributed by atoms with Gasteiger partial charge in [-0.1, -0.05) is 50.2 Å². The van der Waals surface area contributed by atoms with Crippen molar-refractivity contribution >= 4 is 29.9 Å². The summed E-state index contributed by atoms with van der Waals surface area (Å²) in [6.45, 7) is 9.12. The fourth-order valence-electron chi connectivity index (χ4n) is 2.97. The number of ether oxygens (including phenoxy) is 2. The normalized spacial score (nSPS) is 11.1. The molecule has 0 amide bonds. The number of likely N-dealkylation sites (N-methyl/N-ethyl adjacent to an activating group) is 1. The molecule has 0 atom stereocenters. The maximum absolute atomic E-state index is 5.98. The van der Waals surface area contributed by atoms with E-state index in [9.17, 15) is 0 Å². The lowest BCUT2D eigenvalue weighted by Crippen LogP contribution is -2.33. The number of halogens is 1. The smallest absolute Gasteiger partial charge is 0.188 e.